The number of nitrogens with zero attached hydrogens (tertiary/aromatic N) is 3. The molecule has 3 N–H and O–H groups in total. The number of aliphatic imine (C=N–C) groups is 1. The van der Waals surface area contributed by atoms with Gasteiger partial charge in [-0.15, -0.1) is 5.10 Å². The van der Waals surface area contributed by atoms with Crippen LogP contribution in [0.25, 0.3) is 11.6 Å². The lowest BCUT2D eigenvalue weighted by atomic mass is 10.4. The van der Waals surface area contributed by atoms with Crippen LogP contribution in [0, 0.1) is 0 Å². The van der Waals surface area contributed by atoms with Gasteiger partial charge in [-0.1, -0.05) is 6.92 Å². The molecule has 2 rings (SSSR count). The van der Waals surface area contributed by atoms with Crippen molar-refractivity contribution < 1.29 is 4.42 Å². The minimum Gasteiger partial charge on any atom is -0.461 e. The summed E-state index contributed by atoms with van der Waals surface area (Å²) in [5.41, 5.74) is 0. The summed E-state index contributed by atoms with van der Waals surface area (Å²) in [4.78, 5) is 8.79. The average Bonchev–Trinajstić information content (AvgIpc) is 3.12. The van der Waals surface area contributed by atoms with Gasteiger partial charge in [0, 0.05) is 13.1 Å². The van der Waals surface area contributed by atoms with Crippen LogP contribution in [0.4, 0.5) is 0 Å². The molecular weight excluding hydrogens is 256 g/mol. The van der Waals surface area contributed by atoms with Gasteiger partial charge in [0.25, 0.3) is 0 Å². The van der Waals surface area contributed by atoms with Crippen LogP contribution in [0.15, 0.2) is 27.8 Å². The van der Waals surface area contributed by atoms with Crippen LogP contribution in [-0.2, 0) is 6.54 Å². The zero-order valence-corrected chi connectivity index (χ0v) is 11.8. The lowest BCUT2D eigenvalue weighted by molar-refractivity contribution is 0.577. The van der Waals surface area contributed by atoms with E-state index in [1.54, 1.807) is 6.26 Å². The van der Waals surface area contributed by atoms with Crippen molar-refractivity contribution >= 4 is 5.96 Å². The third-order valence-electron chi connectivity index (χ3n) is 2.55. The van der Waals surface area contributed by atoms with Crippen LogP contribution in [-0.4, -0.2) is 34.2 Å². The molecule has 0 aliphatic heterocycles. The maximum absolute atomic E-state index is 5.24. The fourth-order valence-corrected chi connectivity index (χ4v) is 1.62. The van der Waals surface area contributed by atoms with Gasteiger partial charge in [-0.05, 0) is 25.5 Å². The molecule has 0 radical (unpaired) electrons. The predicted octanol–water partition coefficient (Wildman–Crippen LogP) is 1.53. The SMILES string of the molecule is CCCNC(=NCc1nc(-c2ccco2)n[nH]1)NCC. The Morgan fingerprint density at radius 1 is 1.40 bits per heavy atom. The molecule has 0 aliphatic rings. The van der Waals surface area contributed by atoms with Gasteiger partial charge in [-0.3, -0.25) is 5.10 Å². The van der Waals surface area contributed by atoms with E-state index in [9.17, 15) is 0 Å². The summed E-state index contributed by atoms with van der Waals surface area (Å²) in [7, 11) is 0. The molecule has 7 nitrogen and oxygen atoms in total. The lowest BCUT2D eigenvalue weighted by Crippen LogP contribution is -2.37. The molecule has 0 spiro atoms. The summed E-state index contributed by atoms with van der Waals surface area (Å²) in [6.45, 7) is 6.30. The third-order valence-corrected chi connectivity index (χ3v) is 2.55. The van der Waals surface area contributed by atoms with Gasteiger partial charge < -0.3 is 15.1 Å². The Labute approximate surface area is 117 Å². The van der Waals surface area contributed by atoms with Gasteiger partial charge in [0.2, 0.25) is 5.82 Å². The Kier molecular flexibility index (Phi) is 5.16. The molecule has 0 unspecified atom stereocenters. The zero-order valence-electron chi connectivity index (χ0n) is 11.8. The van der Waals surface area contributed by atoms with Gasteiger partial charge in [0.05, 0.1) is 6.26 Å². The standard InChI is InChI=1S/C13H20N6O/c1-3-7-15-13(14-4-2)16-9-11-17-12(19-18-11)10-6-5-8-20-10/h5-6,8H,3-4,7,9H2,1-2H3,(H2,14,15,16)(H,17,18,19). The lowest BCUT2D eigenvalue weighted by Gasteiger charge is -2.09. The van der Waals surface area contributed by atoms with Gasteiger partial charge in [0.15, 0.2) is 11.7 Å². The second kappa shape index (κ2) is 7.32. The van der Waals surface area contributed by atoms with Crippen molar-refractivity contribution in [1.29, 1.82) is 0 Å². The Morgan fingerprint density at radius 3 is 3.00 bits per heavy atom. The summed E-state index contributed by atoms with van der Waals surface area (Å²) in [6.07, 6.45) is 2.65. The van der Waals surface area contributed by atoms with E-state index >= 15 is 0 Å². The summed E-state index contributed by atoms with van der Waals surface area (Å²) in [5, 5.41) is 13.4. The number of hydrogen-bond donors (Lipinski definition) is 3. The largest absolute Gasteiger partial charge is 0.461 e. The van der Waals surface area contributed by atoms with Crippen LogP contribution in [0.3, 0.4) is 0 Å². The first-order valence-corrected chi connectivity index (χ1v) is 6.80. The van der Waals surface area contributed by atoms with Crippen LogP contribution in [0.1, 0.15) is 26.1 Å². The van der Waals surface area contributed by atoms with E-state index in [1.165, 1.54) is 0 Å². The Bertz CT molecular complexity index is 531. The van der Waals surface area contributed by atoms with E-state index < -0.39 is 0 Å². The van der Waals surface area contributed by atoms with Crippen LogP contribution >= 0.6 is 0 Å². The topological polar surface area (TPSA) is 91.1 Å². The highest BCUT2D eigenvalue weighted by atomic mass is 16.3. The smallest absolute Gasteiger partial charge is 0.216 e. The molecule has 2 aromatic rings. The van der Waals surface area contributed by atoms with E-state index in [2.05, 4.69) is 37.7 Å². The molecular formula is C13H20N6O. The second-order valence-corrected chi connectivity index (χ2v) is 4.20. The molecule has 0 aromatic carbocycles. The normalized spacial score (nSPS) is 11.6. The third kappa shape index (κ3) is 3.84. The van der Waals surface area contributed by atoms with E-state index in [1.807, 2.05) is 19.1 Å². The van der Waals surface area contributed by atoms with E-state index in [0.717, 1.165) is 25.5 Å². The first kappa shape index (κ1) is 14.1. The van der Waals surface area contributed by atoms with Crippen molar-refractivity contribution in [2.45, 2.75) is 26.8 Å². The van der Waals surface area contributed by atoms with Gasteiger partial charge >= 0.3 is 0 Å². The number of furan rings is 1. The van der Waals surface area contributed by atoms with Gasteiger partial charge in [-0.2, -0.15) is 0 Å². The molecule has 2 heterocycles. The monoisotopic (exact) mass is 276 g/mol. The van der Waals surface area contributed by atoms with Crippen LogP contribution < -0.4 is 10.6 Å². The molecule has 0 saturated carbocycles. The molecule has 0 fully saturated rings. The fourth-order valence-electron chi connectivity index (χ4n) is 1.62. The Balaban J connectivity index is 1.98. The summed E-state index contributed by atoms with van der Waals surface area (Å²) >= 11 is 0. The van der Waals surface area contributed by atoms with Crippen molar-refractivity contribution in [3.05, 3.63) is 24.2 Å². The van der Waals surface area contributed by atoms with Crippen molar-refractivity contribution in [3.8, 4) is 11.6 Å². The highest BCUT2D eigenvalue weighted by molar-refractivity contribution is 5.79. The summed E-state index contributed by atoms with van der Waals surface area (Å²) in [6, 6.07) is 3.63. The first-order chi connectivity index (χ1) is 9.83. The Hall–Kier alpha value is -2.31. The highest BCUT2D eigenvalue weighted by Gasteiger charge is 2.07. The zero-order chi connectivity index (χ0) is 14.2. The average molecular weight is 276 g/mol. The number of nitrogens with one attached hydrogen (secondary N) is 3. The van der Waals surface area contributed by atoms with Crippen molar-refractivity contribution in [3.63, 3.8) is 0 Å². The molecule has 108 valence electrons. The second-order valence-electron chi connectivity index (χ2n) is 4.20. The maximum Gasteiger partial charge on any atom is 0.216 e. The number of aromatic amines is 1. The highest BCUT2D eigenvalue weighted by Crippen LogP contribution is 2.14. The number of H-pyrrole nitrogens is 1. The number of rotatable bonds is 6. The number of guanidine groups is 1. The molecule has 20 heavy (non-hydrogen) atoms. The van der Waals surface area contributed by atoms with E-state index in [0.29, 0.717) is 24.0 Å². The van der Waals surface area contributed by atoms with E-state index in [-0.39, 0.29) is 0 Å². The minimum atomic E-state index is 0.437. The van der Waals surface area contributed by atoms with Crippen LogP contribution in [0.2, 0.25) is 0 Å². The quantitative estimate of drug-likeness (QED) is 0.550. The molecule has 0 atom stereocenters. The molecule has 2 aromatic heterocycles. The fraction of sp³-hybridized carbons (Fsp3) is 0.462. The molecule has 7 heteroatoms. The first-order valence-electron chi connectivity index (χ1n) is 6.80. The van der Waals surface area contributed by atoms with Gasteiger partial charge in [0.1, 0.15) is 12.4 Å². The van der Waals surface area contributed by atoms with E-state index in [4.69, 9.17) is 4.42 Å². The molecule has 0 amide bonds. The van der Waals surface area contributed by atoms with Crippen molar-refractivity contribution in [1.82, 2.24) is 25.8 Å². The van der Waals surface area contributed by atoms with Crippen molar-refractivity contribution in [2.24, 2.45) is 4.99 Å². The summed E-state index contributed by atoms with van der Waals surface area (Å²) < 4.78 is 5.24. The summed E-state index contributed by atoms with van der Waals surface area (Å²) in [5.74, 6) is 2.68. The van der Waals surface area contributed by atoms with Gasteiger partial charge in [-0.25, -0.2) is 9.98 Å². The molecule has 0 aliphatic carbocycles. The number of hydrogen-bond acceptors (Lipinski definition) is 4. The number of aromatic nitrogens is 3. The van der Waals surface area contributed by atoms with Crippen LogP contribution in [0.5, 0.6) is 0 Å². The minimum absolute atomic E-state index is 0.437. The molecule has 0 saturated heterocycles. The predicted molar refractivity (Wildman–Crippen MR) is 77.2 cm³/mol. The molecule has 0 bridgehead atoms. The van der Waals surface area contributed by atoms with Crippen molar-refractivity contribution in [2.75, 3.05) is 13.1 Å². The Morgan fingerprint density at radius 2 is 2.30 bits per heavy atom. The maximum atomic E-state index is 5.24.